The lowest BCUT2D eigenvalue weighted by Crippen LogP contribution is -2.46. The number of ether oxygens (including phenoxy) is 1. The summed E-state index contributed by atoms with van der Waals surface area (Å²) >= 11 is 12.1. The molecule has 1 N–H and O–H groups in total. The third kappa shape index (κ3) is 7.77. The van der Waals surface area contributed by atoms with Crippen LogP contribution in [0.1, 0.15) is 31.0 Å². The van der Waals surface area contributed by atoms with Gasteiger partial charge in [0.25, 0.3) is 0 Å². The molecule has 1 aliphatic heterocycles. The van der Waals surface area contributed by atoms with Gasteiger partial charge >= 0.3 is 0 Å². The van der Waals surface area contributed by atoms with Crippen LogP contribution in [-0.2, 0) is 6.42 Å². The average Bonchev–Trinajstić information content (AvgIpc) is 3.11. The third-order valence-electron chi connectivity index (χ3n) is 4.87. The van der Waals surface area contributed by atoms with Crippen LogP contribution in [0.15, 0.2) is 27.7 Å². The molecule has 2 heterocycles. The molecule has 1 aromatic carbocycles. The minimum Gasteiger partial charge on any atom is -0.493 e. The van der Waals surface area contributed by atoms with E-state index in [0.29, 0.717) is 34.3 Å². The van der Waals surface area contributed by atoms with Crippen molar-refractivity contribution in [3.8, 4) is 5.75 Å². The maximum Gasteiger partial charge on any atom is 0.226 e. The summed E-state index contributed by atoms with van der Waals surface area (Å²) in [6.07, 6.45) is 3.78. The topological polar surface area (TPSA) is 75.8 Å². The Balaban J connectivity index is 0.00000320. The largest absolute Gasteiger partial charge is 0.493 e. The maximum atomic E-state index is 6.03. The number of hydrogen-bond acceptors (Lipinski definition) is 5. The van der Waals surface area contributed by atoms with Crippen LogP contribution in [0.4, 0.5) is 0 Å². The smallest absolute Gasteiger partial charge is 0.226 e. The highest BCUT2D eigenvalue weighted by Gasteiger charge is 2.22. The van der Waals surface area contributed by atoms with Crippen molar-refractivity contribution in [1.29, 1.82) is 0 Å². The summed E-state index contributed by atoms with van der Waals surface area (Å²) in [5.41, 5.74) is 0. The van der Waals surface area contributed by atoms with E-state index in [4.69, 9.17) is 32.5 Å². The molecular formula is C20H28Cl2IN5O2. The molecule has 1 aromatic heterocycles. The van der Waals surface area contributed by atoms with E-state index in [1.165, 1.54) is 0 Å². The number of nitrogens with one attached hydrogen (secondary N) is 1. The fourth-order valence-electron chi connectivity index (χ4n) is 3.35. The molecule has 0 saturated carbocycles. The highest BCUT2D eigenvalue weighted by atomic mass is 127. The van der Waals surface area contributed by atoms with Crippen molar-refractivity contribution in [3.63, 3.8) is 0 Å². The quantitative estimate of drug-likeness (QED) is 0.228. The molecule has 30 heavy (non-hydrogen) atoms. The summed E-state index contributed by atoms with van der Waals surface area (Å²) in [6, 6.07) is 5.30. The Labute approximate surface area is 204 Å². The SMILES string of the molecule is CN=C(NCCCc1nc(C)no1)N1CCC(COc2cc(Cl)cc(Cl)c2)CC1.I. The van der Waals surface area contributed by atoms with Crippen LogP contribution in [0.2, 0.25) is 10.0 Å². The monoisotopic (exact) mass is 567 g/mol. The predicted octanol–water partition coefficient (Wildman–Crippen LogP) is 4.60. The van der Waals surface area contributed by atoms with E-state index in [1.807, 2.05) is 14.0 Å². The molecule has 2 aromatic rings. The molecule has 3 rings (SSSR count). The Bertz CT molecular complexity index is 805. The number of guanidine groups is 1. The molecule has 0 radical (unpaired) electrons. The van der Waals surface area contributed by atoms with Gasteiger partial charge in [-0.1, -0.05) is 28.4 Å². The van der Waals surface area contributed by atoms with Gasteiger partial charge in [-0.2, -0.15) is 4.98 Å². The average molecular weight is 568 g/mol. The molecule has 166 valence electrons. The fourth-order valence-corrected chi connectivity index (χ4v) is 3.86. The first-order valence-corrected chi connectivity index (χ1v) is 10.6. The van der Waals surface area contributed by atoms with E-state index >= 15 is 0 Å². The van der Waals surface area contributed by atoms with Crippen LogP contribution in [0.5, 0.6) is 5.75 Å². The van der Waals surface area contributed by atoms with E-state index in [1.54, 1.807) is 18.2 Å². The van der Waals surface area contributed by atoms with Crippen LogP contribution in [0, 0.1) is 12.8 Å². The molecule has 0 amide bonds. The maximum absolute atomic E-state index is 6.03. The number of nitrogens with zero attached hydrogens (tertiary/aromatic N) is 4. The molecule has 0 spiro atoms. The van der Waals surface area contributed by atoms with E-state index < -0.39 is 0 Å². The van der Waals surface area contributed by atoms with Crippen molar-refractivity contribution < 1.29 is 9.26 Å². The first-order chi connectivity index (χ1) is 14.0. The lowest BCUT2D eigenvalue weighted by molar-refractivity contribution is 0.179. The van der Waals surface area contributed by atoms with Gasteiger partial charge < -0.3 is 19.5 Å². The van der Waals surface area contributed by atoms with Crippen LogP contribution in [0.3, 0.4) is 0 Å². The molecule has 0 unspecified atom stereocenters. The first-order valence-electron chi connectivity index (χ1n) is 9.87. The Kier molecular flexibility index (Phi) is 10.5. The molecule has 10 heteroatoms. The van der Waals surface area contributed by atoms with Gasteiger partial charge in [-0.3, -0.25) is 4.99 Å². The van der Waals surface area contributed by atoms with Crippen molar-refractivity contribution in [3.05, 3.63) is 40.0 Å². The first kappa shape index (κ1) is 25.0. The summed E-state index contributed by atoms with van der Waals surface area (Å²) in [4.78, 5) is 10.9. The van der Waals surface area contributed by atoms with Gasteiger partial charge in [-0.05, 0) is 50.3 Å². The zero-order valence-electron chi connectivity index (χ0n) is 17.2. The van der Waals surface area contributed by atoms with Gasteiger partial charge in [-0.15, -0.1) is 24.0 Å². The third-order valence-corrected chi connectivity index (χ3v) is 5.30. The van der Waals surface area contributed by atoms with E-state index in [0.717, 1.165) is 57.0 Å². The number of aryl methyl sites for hydroxylation is 2. The summed E-state index contributed by atoms with van der Waals surface area (Å²) < 4.78 is 11.0. The normalized spacial score (nSPS) is 15.1. The number of aromatic nitrogens is 2. The fraction of sp³-hybridized carbons (Fsp3) is 0.550. The second kappa shape index (κ2) is 12.6. The molecule has 0 atom stereocenters. The zero-order chi connectivity index (χ0) is 20.6. The van der Waals surface area contributed by atoms with Gasteiger partial charge in [0.15, 0.2) is 11.8 Å². The Morgan fingerprint density at radius 2 is 1.97 bits per heavy atom. The minimum absolute atomic E-state index is 0. The summed E-state index contributed by atoms with van der Waals surface area (Å²) in [5, 5.41) is 8.41. The number of likely N-dealkylation sites (tertiary alicyclic amines) is 1. The van der Waals surface area contributed by atoms with Gasteiger partial charge in [0.05, 0.1) is 6.61 Å². The van der Waals surface area contributed by atoms with Crippen LogP contribution in [-0.4, -0.2) is 54.3 Å². The van der Waals surface area contributed by atoms with Crippen LogP contribution >= 0.6 is 47.2 Å². The van der Waals surface area contributed by atoms with E-state index in [-0.39, 0.29) is 24.0 Å². The number of halogens is 3. The lowest BCUT2D eigenvalue weighted by atomic mass is 9.98. The van der Waals surface area contributed by atoms with Crippen molar-refractivity contribution in [2.75, 3.05) is 33.3 Å². The minimum atomic E-state index is 0. The standard InChI is InChI=1S/C20H27Cl2N5O2.HI/c1-14-25-19(29-26-14)4-3-7-24-20(23-2)27-8-5-15(6-9-27)13-28-18-11-16(21)10-17(22)12-18;/h10-12,15H,3-9,13H2,1-2H3,(H,23,24);1H. The lowest BCUT2D eigenvalue weighted by Gasteiger charge is -2.34. The van der Waals surface area contributed by atoms with Crippen molar-refractivity contribution in [2.24, 2.45) is 10.9 Å². The molecule has 1 aliphatic rings. The number of benzene rings is 1. The van der Waals surface area contributed by atoms with Gasteiger partial charge in [0.2, 0.25) is 5.89 Å². The molecule has 0 aliphatic carbocycles. The number of hydrogen-bond donors (Lipinski definition) is 1. The van der Waals surface area contributed by atoms with E-state index in [2.05, 4.69) is 25.3 Å². The summed E-state index contributed by atoms with van der Waals surface area (Å²) in [6.45, 7) is 5.21. The summed E-state index contributed by atoms with van der Waals surface area (Å²) in [7, 11) is 1.82. The highest BCUT2D eigenvalue weighted by molar-refractivity contribution is 14.0. The van der Waals surface area contributed by atoms with Crippen LogP contribution in [0.25, 0.3) is 0 Å². The van der Waals surface area contributed by atoms with Crippen molar-refractivity contribution in [2.45, 2.75) is 32.6 Å². The van der Waals surface area contributed by atoms with Crippen molar-refractivity contribution in [1.82, 2.24) is 20.4 Å². The number of piperidine rings is 1. The van der Waals surface area contributed by atoms with Gasteiger partial charge in [0.1, 0.15) is 5.75 Å². The highest BCUT2D eigenvalue weighted by Crippen LogP contribution is 2.26. The van der Waals surface area contributed by atoms with Crippen molar-refractivity contribution >= 4 is 53.1 Å². The van der Waals surface area contributed by atoms with Gasteiger partial charge in [-0.25, -0.2) is 0 Å². The second-order valence-corrected chi connectivity index (χ2v) is 8.03. The predicted molar refractivity (Wildman–Crippen MR) is 130 cm³/mol. The molecule has 0 bridgehead atoms. The zero-order valence-corrected chi connectivity index (χ0v) is 21.1. The second-order valence-electron chi connectivity index (χ2n) is 7.16. The molecule has 7 nitrogen and oxygen atoms in total. The Morgan fingerprint density at radius 1 is 1.27 bits per heavy atom. The number of aliphatic imine (C=N–C) groups is 1. The molecule has 1 saturated heterocycles. The van der Waals surface area contributed by atoms with E-state index in [9.17, 15) is 0 Å². The van der Waals surface area contributed by atoms with Crippen LogP contribution < -0.4 is 10.1 Å². The molecule has 1 fully saturated rings. The number of rotatable bonds is 7. The molecular weight excluding hydrogens is 540 g/mol. The Hall–Kier alpha value is -1.26. The summed E-state index contributed by atoms with van der Waals surface area (Å²) in [5.74, 6) is 3.52. The van der Waals surface area contributed by atoms with Gasteiger partial charge in [0, 0.05) is 43.1 Å². The Morgan fingerprint density at radius 3 is 2.57 bits per heavy atom.